The maximum absolute atomic E-state index is 12.4. The van der Waals surface area contributed by atoms with Gasteiger partial charge in [-0.25, -0.2) is 4.79 Å². The Labute approximate surface area is 108 Å². The summed E-state index contributed by atoms with van der Waals surface area (Å²) in [5.41, 5.74) is 0.295. The molecule has 19 heavy (non-hydrogen) atoms. The number of nitrogens with zero attached hydrogens (tertiary/aromatic N) is 1. The van der Waals surface area contributed by atoms with Crippen molar-refractivity contribution < 1.29 is 27.4 Å². The van der Waals surface area contributed by atoms with Gasteiger partial charge in [-0.2, -0.15) is 0 Å². The van der Waals surface area contributed by atoms with Crippen LogP contribution >= 0.6 is 0 Å². The van der Waals surface area contributed by atoms with E-state index in [-0.39, 0.29) is 10.0 Å². The minimum absolute atomic E-state index is 0.000972. The summed E-state index contributed by atoms with van der Waals surface area (Å²) in [6.45, 7) is 0. The van der Waals surface area contributed by atoms with E-state index >= 15 is 0 Å². The van der Waals surface area contributed by atoms with Gasteiger partial charge in [-0.1, -0.05) is 0 Å². The molecule has 0 unspecified atom stereocenters. The Morgan fingerprint density at radius 2 is 1.79 bits per heavy atom. The van der Waals surface area contributed by atoms with Crippen LogP contribution in [0.15, 0.2) is 18.2 Å². The Kier molecular flexibility index (Phi) is 4.09. The number of carbonyl (C=O) groups is 1. The predicted octanol–water partition coefficient (Wildman–Crippen LogP) is 2.57. The molecule has 106 valence electrons. The van der Waals surface area contributed by atoms with Crippen molar-refractivity contribution in [3.8, 4) is 5.75 Å². The van der Waals surface area contributed by atoms with E-state index in [0.29, 0.717) is 5.69 Å². The van der Waals surface area contributed by atoms with E-state index in [1.54, 1.807) is 21.1 Å². The number of quaternary nitrogens is 1. The van der Waals surface area contributed by atoms with Crippen molar-refractivity contribution in [2.45, 2.75) is 6.36 Å². The molecule has 0 saturated heterocycles. The molecular weight excluding hydrogens is 263 g/mol. The zero-order valence-corrected chi connectivity index (χ0v) is 11.0. The number of hydrogen-bond acceptors (Lipinski definition) is 3. The van der Waals surface area contributed by atoms with Crippen LogP contribution in [-0.4, -0.2) is 40.6 Å². The minimum atomic E-state index is -4.82. The molecule has 0 bridgehead atoms. The normalized spacial score (nSPS) is 12.2. The first-order chi connectivity index (χ1) is 8.54. The third-order valence-electron chi connectivity index (χ3n) is 2.33. The molecule has 0 aliphatic rings. The highest BCUT2D eigenvalue weighted by Gasteiger charge is 2.35. The molecule has 4 nitrogen and oxygen atoms in total. The molecule has 0 aliphatic heterocycles. The van der Waals surface area contributed by atoms with Crippen LogP contribution in [0.4, 0.5) is 18.9 Å². The van der Waals surface area contributed by atoms with Crippen LogP contribution in [0.2, 0.25) is 0 Å². The first-order valence-electron chi connectivity index (χ1n) is 5.34. The number of ether oxygens (including phenoxy) is 2. The maximum Gasteiger partial charge on any atom is 0.573 e. The topological polar surface area (TPSA) is 35.5 Å². The minimum Gasteiger partial charge on any atom is -0.465 e. The van der Waals surface area contributed by atoms with Crippen molar-refractivity contribution in [3.63, 3.8) is 0 Å². The van der Waals surface area contributed by atoms with Gasteiger partial charge in [0, 0.05) is 12.1 Å². The second kappa shape index (κ2) is 5.08. The fourth-order valence-corrected chi connectivity index (χ4v) is 1.52. The zero-order valence-electron chi connectivity index (χ0n) is 11.0. The second-order valence-electron chi connectivity index (χ2n) is 4.73. The van der Waals surface area contributed by atoms with Crippen LogP contribution in [0.1, 0.15) is 10.4 Å². The van der Waals surface area contributed by atoms with Gasteiger partial charge < -0.3 is 9.47 Å². The molecule has 0 aromatic heterocycles. The first kappa shape index (κ1) is 15.3. The molecule has 0 saturated carbocycles. The average Bonchev–Trinajstić information content (AvgIpc) is 2.24. The largest absolute Gasteiger partial charge is 0.573 e. The molecule has 0 N–H and O–H groups in total. The van der Waals surface area contributed by atoms with Gasteiger partial charge >= 0.3 is 12.3 Å². The average molecular weight is 278 g/mol. The Balaban J connectivity index is 3.30. The Morgan fingerprint density at radius 1 is 1.21 bits per heavy atom. The van der Waals surface area contributed by atoms with Gasteiger partial charge in [-0.15, -0.1) is 13.2 Å². The highest BCUT2D eigenvalue weighted by molar-refractivity contribution is 5.90. The Morgan fingerprint density at radius 3 is 2.21 bits per heavy atom. The van der Waals surface area contributed by atoms with Crippen molar-refractivity contribution in [2.24, 2.45) is 0 Å². The van der Waals surface area contributed by atoms with Crippen molar-refractivity contribution >= 4 is 11.7 Å². The van der Waals surface area contributed by atoms with Gasteiger partial charge in [-0.3, -0.25) is 4.48 Å². The number of hydrogen-bond donors (Lipinski definition) is 0. The number of rotatable bonds is 3. The molecule has 0 aliphatic carbocycles. The van der Waals surface area contributed by atoms with Gasteiger partial charge in [0.15, 0.2) is 11.4 Å². The summed E-state index contributed by atoms with van der Waals surface area (Å²) in [4.78, 5) is 11.3. The molecule has 1 rings (SSSR count). The summed E-state index contributed by atoms with van der Waals surface area (Å²) < 4.78 is 45.7. The number of esters is 1. The van der Waals surface area contributed by atoms with Crippen LogP contribution in [0, 0.1) is 0 Å². The summed E-state index contributed by atoms with van der Waals surface area (Å²) in [5, 5.41) is 0. The van der Waals surface area contributed by atoms with Gasteiger partial charge in [-0.05, 0) is 6.07 Å². The quantitative estimate of drug-likeness (QED) is 0.629. The van der Waals surface area contributed by atoms with E-state index in [4.69, 9.17) is 0 Å². The molecule has 0 fully saturated rings. The SMILES string of the molecule is COC(=O)c1ccc([N+](C)(C)C)c(OC(F)(F)F)c1. The number of benzene rings is 1. The predicted molar refractivity (Wildman–Crippen MR) is 64.0 cm³/mol. The lowest BCUT2D eigenvalue weighted by atomic mass is 10.1. The lowest BCUT2D eigenvalue weighted by molar-refractivity contribution is -0.274. The molecule has 0 heterocycles. The first-order valence-corrected chi connectivity index (χ1v) is 5.34. The van der Waals surface area contributed by atoms with E-state index in [9.17, 15) is 18.0 Å². The zero-order chi connectivity index (χ0) is 14.8. The monoisotopic (exact) mass is 278 g/mol. The Bertz CT molecular complexity index is 478. The van der Waals surface area contributed by atoms with Gasteiger partial charge in [0.1, 0.15) is 0 Å². The molecular formula is C12H15F3NO3+. The van der Waals surface area contributed by atoms with Gasteiger partial charge in [0.25, 0.3) is 0 Å². The number of methoxy groups -OCH3 is 1. The second-order valence-corrected chi connectivity index (χ2v) is 4.73. The van der Waals surface area contributed by atoms with Crippen LogP contribution < -0.4 is 9.22 Å². The van der Waals surface area contributed by atoms with E-state index in [2.05, 4.69) is 9.47 Å². The third kappa shape index (κ3) is 4.13. The highest BCUT2D eigenvalue weighted by atomic mass is 19.4. The molecule has 0 amide bonds. The summed E-state index contributed by atoms with van der Waals surface area (Å²) in [7, 11) is 6.23. The lowest BCUT2D eigenvalue weighted by Gasteiger charge is -2.26. The van der Waals surface area contributed by atoms with Gasteiger partial charge in [0.2, 0.25) is 0 Å². The summed E-state index contributed by atoms with van der Waals surface area (Å²) in [6, 6.07) is 3.83. The van der Waals surface area contributed by atoms with E-state index < -0.39 is 18.1 Å². The summed E-state index contributed by atoms with van der Waals surface area (Å²) >= 11 is 0. The maximum atomic E-state index is 12.4. The van der Waals surface area contributed by atoms with Crippen LogP contribution in [0.5, 0.6) is 5.75 Å². The fraction of sp³-hybridized carbons (Fsp3) is 0.417. The van der Waals surface area contributed by atoms with E-state index in [0.717, 1.165) is 13.2 Å². The van der Waals surface area contributed by atoms with Crippen LogP contribution in [0.3, 0.4) is 0 Å². The van der Waals surface area contributed by atoms with Gasteiger partial charge in [0.05, 0.1) is 33.8 Å². The molecule has 7 heteroatoms. The van der Waals surface area contributed by atoms with Crippen molar-refractivity contribution in [1.82, 2.24) is 4.48 Å². The lowest BCUT2D eigenvalue weighted by Crippen LogP contribution is -2.36. The standard InChI is InChI=1S/C12H15F3NO3/c1-16(2,3)9-6-5-8(11(17)18-4)7-10(9)19-12(13,14)15/h5-7H,1-4H3/q+1. The van der Waals surface area contributed by atoms with Crippen molar-refractivity contribution in [1.29, 1.82) is 0 Å². The van der Waals surface area contributed by atoms with Crippen molar-refractivity contribution in [2.75, 3.05) is 28.3 Å². The Hall–Kier alpha value is -1.76. The van der Waals surface area contributed by atoms with Crippen LogP contribution in [-0.2, 0) is 4.74 Å². The fourth-order valence-electron chi connectivity index (χ4n) is 1.52. The molecule has 1 aromatic carbocycles. The molecule has 0 spiro atoms. The van der Waals surface area contributed by atoms with Crippen molar-refractivity contribution in [3.05, 3.63) is 23.8 Å². The summed E-state index contributed by atoms with van der Waals surface area (Å²) in [6.07, 6.45) is -4.82. The highest BCUT2D eigenvalue weighted by Crippen LogP contribution is 2.35. The number of alkyl halides is 3. The smallest absolute Gasteiger partial charge is 0.465 e. The third-order valence-corrected chi connectivity index (χ3v) is 2.33. The number of halogens is 3. The molecule has 1 aromatic rings. The van der Waals surface area contributed by atoms with Crippen LogP contribution in [0.25, 0.3) is 0 Å². The van der Waals surface area contributed by atoms with E-state index in [1.165, 1.54) is 12.1 Å². The number of carbonyl (C=O) groups excluding carboxylic acids is 1. The van der Waals surface area contributed by atoms with E-state index in [1.807, 2.05) is 0 Å². The molecule has 0 radical (unpaired) electrons. The molecule has 0 atom stereocenters. The summed E-state index contributed by atoms with van der Waals surface area (Å²) in [5.74, 6) is -1.14.